The van der Waals surface area contributed by atoms with Gasteiger partial charge in [-0.05, 0) is 35.9 Å². The third-order valence-corrected chi connectivity index (χ3v) is 5.35. The lowest BCUT2D eigenvalue weighted by molar-refractivity contribution is -0.136. The average molecular weight is 484 g/mol. The molecule has 4 rings (SSSR count). The molecule has 8 heteroatoms. The SMILES string of the molecule is Fc1ccc(Cn2nc3c(C(F)(F)F)cccc3c2-c2cccc(Br)c2)c(Cl)c1. The van der Waals surface area contributed by atoms with Gasteiger partial charge in [-0.2, -0.15) is 18.3 Å². The highest BCUT2D eigenvalue weighted by Crippen LogP contribution is 2.38. The third-order valence-electron chi connectivity index (χ3n) is 4.51. The fourth-order valence-corrected chi connectivity index (χ4v) is 3.87. The van der Waals surface area contributed by atoms with Gasteiger partial charge in [-0.25, -0.2) is 4.39 Å². The first-order valence-electron chi connectivity index (χ1n) is 8.50. The molecule has 148 valence electrons. The largest absolute Gasteiger partial charge is 0.418 e. The van der Waals surface area contributed by atoms with Crippen molar-refractivity contribution < 1.29 is 17.6 Å². The summed E-state index contributed by atoms with van der Waals surface area (Å²) in [4.78, 5) is 0. The maximum atomic E-state index is 13.5. The Bertz CT molecular complexity index is 1220. The second-order valence-corrected chi connectivity index (χ2v) is 7.77. The van der Waals surface area contributed by atoms with Gasteiger partial charge in [-0.15, -0.1) is 0 Å². The summed E-state index contributed by atoms with van der Waals surface area (Å²) >= 11 is 9.53. The highest BCUT2D eigenvalue weighted by Gasteiger charge is 2.34. The highest BCUT2D eigenvalue weighted by molar-refractivity contribution is 9.10. The summed E-state index contributed by atoms with van der Waals surface area (Å²) in [5, 5.41) is 4.83. The van der Waals surface area contributed by atoms with E-state index in [4.69, 9.17) is 11.6 Å². The molecule has 0 unspecified atom stereocenters. The molecule has 0 amide bonds. The van der Waals surface area contributed by atoms with Gasteiger partial charge in [0, 0.05) is 20.4 Å². The predicted molar refractivity (Wildman–Crippen MR) is 108 cm³/mol. The van der Waals surface area contributed by atoms with Crippen LogP contribution < -0.4 is 0 Å². The number of benzene rings is 3. The van der Waals surface area contributed by atoms with E-state index < -0.39 is 17.6 Å². The summed E-state index contributed by atoms with van der Waals surface area (Å²) in [7, 11) is 0. The molecule has 0 spiro atoms. The number of fused-ring (bicyclic) bond motifs is 1. The standard InChI is InChI=1S/C21H12BrClF4N2/c22-14-4-1-3-12(9-14)20-16-5-2-6-17(21(25,26)27)19(16)28-29(20)11-13-7-8-15(24)10-18(13)23/h1-10H,11H2. The first-order valence-corrected chi connectivity index (χ1v) is 9.68. The van der Waals surface area contributed by atoms with Crippen molar-refractivity contribution in [2.45, 2.75) is 12.7 Å². The molecule has 2 nitrogen and oxygen atoms in total. The van der Waals surface area contributed by atoms with E-state index in [1.165, 1.54) is 28.9 Å². The molecule has 1 aromatic heterocycles. The summed E-state index contributed by atoms with van der Waals surface area (Å²) in [6, 6.07) is 15.1. The van der Waals surface area contributed by atoms with Crippen LogP contribution in [0.5, 0.6) is 0 Å². The van der Waals surface area contributed by atoms with Crippen molar-refractivity contribution in [2.75, 3.05) is 0 Å². The van der Waals surface area contributed by atoms with Gasteiger partial charge in [0.2, 0.25) is 0 Å². The minimum Gasteiger partial charge on any atom is -0.259 e. The summed E-state index contributed by atoms with van der Waals surface area (Å²) in [5.74, 6) is -0.490. The minimum atomic E-state index is -4.54. The molecule has 1 heterocycles. The van der Waals surface area contributed by atoms with Gasteiger partial charge < -0.3 is 0 Å². The van der Waals surface area contributed by atoms with Crippen LogP contribution >= 0.6 is 27.5 Å². The minimum absolute atomic E-state index is 0.0902. The molecule has 4 aromatic rings. The van der Waals surface area contributed by atoms with Crippen molar-refractivity contribution in [1.29, 1.82) is 0 Å². The fourth-order valence-electron chi connectivity index (χ4n) is 3.25. The topological polar surface area (TPSA) is 17.8 Å². The first kappa shape index (κ1) is 19.9. The van der Waals surface area contributed by atoms with E-state index in [0.717, 1.165) is 10.5 Å². The quantitative estimate of drug-likeness (QED) is 0.279. The average Bonchev–Trinajstić information content (AvgIpc) is 3.01. The number of halogens is 6. The zero-order valence-corrected chi connectivity index (χ0v) is 17.0. The van der Waals surface area contributed by atoms with E-state index >= 15 is 0 Å². The van der Waals surface area contributed by atoms with Crippen LogP contribution in [0.4, 0.5) is 17.6 Å². The number of alkyl halides is 3. The maximum absolute atomic E-state index is 13.5. The Balaban J connectivity index is 1.98. The molecular weight excluding hydrogens is 472 g/mol. The van der Waals surface area contributed by atoms with Gasteiger partial charge in [0.25, 0.3) is 0 Å². The van der Waals surface area contributed by atoms with E-state index in [9.17, 15) is 17.6 Å². The molecule has 0 aliphatic rings. The van der Waals surface area contributed by atoms with Gasteiger partial charge in [-0.1, -0.05) is 57.9 Å². The molecule has 0 radical (unpaired) electrons. The number of hydrogen-bond donors (Lipinski definition) is 0. The fraction of sp³-hybridized carbons (Fsp3) is 0.0952. The Morgan fingerprint density at radius 2 is 1.76 bits per heavy atom. The zero-order chi connectivity index (χ0) is 20.8. The van der Waals surface area contributed by atoms with Crippen LogP contribution in [0.25, 0.3) is 22.2 Å². The lowest BCUT2D eigenvalue weighted by Crippen LogP contribution is -2.07. The van der Waals surface area contributed by atoms with Gasteiger partial charge >= 0.3 is 6.18 Å². The van der Waals surface area contributed by atoms with Gasteiger partial charge in [0.15, 0.2) is 0 Å². The number of nitrogens with zero attached hydrogens (tertiary/aromatic N) is 2. The first-order chi connectivity index (χ1) is 13.7. The van der Waals surface area contributed by atoms with Crippen molar-refractivity contribution in [3.8, 4) is 11.3 Å². The summed E-state index contributed by atoms with van der Waals surface area (Å²) in [6.45, 7) is 0.0902. The Morgan fingerprint density at radius 1 is 1.00 bits per heavy atom. The Hall–Kier alpha value is -2.38. The summed E-state index contributed by atoms with van der Waals surface area (Å²) in [5.41, 5.74) is 0.807. The monoisotopic (exact) mass is 482 g/mol. The highest BCUT2D eigenvalue weighted by atomic mass is 79.9. The van der Waals surface area contributed by atoms with Crippen molar-refractivity contribution in [3.63, 3.8) is 0 Å². The van der Waals surface area contributed by atoms with E-state index in [2.05, 4.69) is 21.0 Å². The Morgan fingerprint density at radius 3 is 2.45 bits per heavy atom. The lowest BCUT2D eigenvalue weighted by atomic mass is 10.0. The summed E-state index contributed by atoms with van der Waals surface area (Å²) < 4.78 is 56.3. The molecule has 0 saturated carbocycles. The van der Waals surface area contributed by atoms with Gasteiger partial charge in [-0.3, -0.25) is 4.68 Å². The predicted octanol–water partition coefficient (Wildman–Crippen LogP) is 7.33. The van der Waals surface area contributed by atoms with Crippen LogP contribution in [0.3, 0.4) is 0 Å². The lowest BCUT2D eigenvalue weighted by Gasteiger charge is -2.10. The molecule has 0 saturated heterocycles. The Kier molecular flexibility index (Phi) is 5.12. The van der Waals surface area contributed by atoms with Crippen LogP contribution in [0, 0.1) is 5.82 Å². The second-order valence-electron chi connectivity index (χ2n) is 6.45. The zero-order valence-electron chi connectivity index (χ0n) is 14.6. The van der Waals surface area contributed by atoms with Crippen molar-refractivity contribution in [2.24, 2.45) is 0 Å². The smallest absolute Gasteiger partial charge is 0.259 e. The number of aromatic nitrogens is 2. The second kappa shape index (κ2) is 7.46. The molecule has 0 atom stereocenters. The summed E-state index contributed by atoms with van der Waals surface area (Å²) in [6.07, 6.45) is -4.54. The van der Waals surface area contributed by atoms with Crippen LogP contribution in [0.2, 0.25) is 5.02 Å². The van der Waals surface area contributed by atoms with Gasteiger partial charge in [0.05, 0.1) is 17.8 Å². The third kappa shape index (κ3) is 3.89. The number of rotatable bonds is 3. The van der Waals surface area contributed by atoms with E-state index in [-0.39, 0.29) is 17.1 Å². The molecule has 3 aromatic carbocycles. The van der Waals surface area contributed by atoms with Gasteiger partial charge in [0.1, 0.15) is 11.3 Å². The maximum Gasteiger partial charge on any atom is 0.418 e. The molecule has 29 heavy (non-hydrogen) atoms. The Labute approximate surface area is 176 Å². The molecule has 0 N–H and O–H groups in total. The molecule has 0 bridgehead atoms. The van der Waals surface area contributed by atoms with Crippen molar-refractivity contribution in [1.82, 2.24) is 9.78 Å². The van der Waals surface area contributed by atoms with E-state index in [1.807, 2.05) is 6.07 Å². The van der Waals surface area contributed by atoms with Crippen LogP contribution in [-0.4, -0.2) is 9.78 Å². The van der Waals surface area contributed by atoms with E-state index in [0.29, 0.717) is 22.2 Å². The molecular formula is C21H12BrClF4N2. The van der Waals surface area contributed by atoms with E-state index in [1.54, 1.807) is 24.3 Å². The number of hydrogen-bond acceptors (Lipinski definition) is 1. The van der Waals surface area contributed by atoms with Crippen LogP contribution in [-0.2, 0) is 12.7 Å². The normalized spacial score (nSPS) is 11.9. The molecule has 0 aliphatic carbocycles. The molecule has 0 fully saturated rings. The van der Waals surface area contributed by atoms with Crippen LogP contribution in [0.1, 0.15) is 11.1 Å². The van der Waals surface area contributed by atoms with Crippen molar-refractivity contribution >= 4 is 38.4 Å². The van der Waals surface area contributed by atoms with Crippen LogP contribution in [0.15, 0.2) is 65.1 Å². The molecule has 0 aliphatic heterocycles. The van der Waals surface area contributed by atoms with Crippen molar-refractivity contribution in [3.05, 3.63) is 87.1 Å².